The molecular weight excluding hydrogens is 374 g/mol. The summed E-state index contributed by atoms with van der Waals surface area (Å²) in [4.78, 5) is 31.9. The minimum Gasteiger partial charge on any atom is -0.298 e. The summed E-state index contributed by atoms with van der Waals surface area (Å²) < 4.78 is 2.90. The van der Waals surface area contributed by atoms with E-state index in [1.165, 1.54) is 10.2 Å². The number of pyridine rings is 1. The van der Waals surface area contributed by atoms with E-state index in [9.17, 15) is 9.59 Å². The van der Waals surface area contributed by atoms with Crippen molar-refractivity contribution in [2.45, 2.75) is 37.9 Å². The summed E-state index contributed by atoms with van der Waals surface area (Å²) in [5.41, 5.74) is 0.868. The van der Waals surface area contributed by atoms with Crippen LogP contribution in [0.15, 0.2) is 50.8 Å². The Labute approximate surface area is 165 Å². The Bertz CT molecular complexity index is 1110. The van der Waals surface area contributed by atoms with E-state index in [1.54, 1.807) is 22.1 Å². The normalized spacial score (nSPS) is 21.4. The fraction of sp³-hybridized carbons (Fsp3) is 0.400. The second-order valence-electron chi connectivity index (χ2n) is 7.69. The highest BCUT2D eigenvalue weighted by atomic mass is 32.1. The van der Waals surface area contributed by atoms with Crippen LogP contribution < -0.4 is 11.1 Å². The van der Waals surface area contributed by atoms with E-state index in [-0.39, 0.29) is 12.0 Å². The Balaban J connectivity index is 1.48. The predicted octanol–water partition coefficient (Wildman–Crippen LogP) is 1.46. The zero-order valence-corrected chi connectivity index (χ0v) is 16.3. The average molecular weight is 395 g/mol. The predicted molar refractivity (Wildman–Crippen MR) is 107 cm³/mol. The zero-order chi connectivity index (χ0) is 19.1. The average Bonchev–Trinajstić information content (AvgIpc) is 3.44. The van der Waals surface area contributed by atoms with Gasteiger partial charge in [-0.1, -0.05) is 6.07 Å². The van der Waals surface area contributed by atoms with E-state index in [4.69, 9.17) is 0 Å². The summed E-state index contributed by atoms with van der Waals surface area (Å²) in [6, 6.07) is 7.69. The second kappa shape index (κ2) is 6.79. The van der Waals surface area contributed by atoms with Crippen LogP contribution in [0.2, 0.25) is 0 Å². The number of aromatic nitrogens is 4. The van der Waals surface area contributed by atoms with E-state index < -0.39 is 11.1 Å². The van der Waals surface area contributed by atoms with E-state index in [0.29, 0.717) is 6.54 Å². The maximum atomic E-state index is 12.7. The first kappa shape index (κ1) is 17.5. The number of hydrogen-bond acceptors (Lipinski definition) is 6. The van der Waals surface area contributed by atoms with Gasteiger partial charge in [-0.15, -0.1) is 0 Å². The Morgan fingerprint density at radius 3 is 2.75 bits per heavy atom. The van der Waals surface area contributed by atoms with Crippen molar-refractivity contribution in [1.29, 1.82) is 0 Å². The fourth-order valence-corrected chi connectivity index (χ4v) is 5.11. The molecule has 0 aromatic carbocycles. The van der Waals surface area contributed by atoms with Gasteiger partial charge in [-0.25, -0.2) is 4.68 Å². The van der Waals surface area contributed by atoms with Crippen molar-refractivity contribution in [2.24, 2.45) is 0 Å². The minimum atomic E-state index is -0.570. The number of rotatable bonds is 4. The lowest BCUT2D eigenvalue weighted by Gasteiger charge is -2.23. The van der Waals surface area contributed by atoms with Crippen LogP contribution >= 0.6 is 11.3 Å². The monoisotopic (exact) mass is 395 g/mol. The fourth-order valence-electron chi connectivity index (χ4n) is 4.45. The molecule has 3 aromatic heterocycles. The van der Waals surface area contributed by atoms with Crippen LogP contribution in [0.5, 0.6) is 0 Å². The highest BCUT2D eigenvalue weighted by molar-refractivity contribution is 7.07. The first-order valence-corrected chi connectivity index (χ1v) is 10.4. The zero-order valence-electron chi connectivity index (χ0n) is 15.5. The van der Waals surface area contributed by atoms with Gasteiger partial charge in [0.25, 0.3) is 0 Å². The van der Waals surface area contributed by atoms with E-state index in [0.717, 1.165) is 44.0 Å². The number of likely N-dealkylation sites (tertiary alicyclic amines) is 1. The molecule has 0 N–H and O–H groups in total. The SMILES string of the molecule is O=c1c(=O)n2c(nn1Cc1ccccn1)[C@@]1(CCN(Cc3ccsc3)C1)CC2. The molecule has 7 nitrogen and oxygen atoms in total. The molecule has 0 aliphatic carbocycles. The highest BCUT2D eigenvalue weighted by Crippen LogP contribution is 2.40. The molecule has 144 valence electrons. The molecule has 1 atom stereocenters. The van der Waals surface area contributed by atoms with Crippen molar-refractivity contribution in [3.63, 3.8) is 0 Å². The Hall–Kier alpha value is -2.58. The molecule has 1 fully saturated rings. The third-order valence-electron chi connectivity index (χ3n) is 5.88. The van der Waals surface area contributed by atoms with Crippen molar-refractivity contribution < 1.29 is 0 Å². The minimum absolute atomic E-state index is 0.144. The van der Waals surface area contributed by atoms with Crippen LogP contribution in [0.3, 0.4) is 0 Å². The molecular formula is C20H21N5O2S. The number of thiophene rings is 1. The highest BCUT2D eigenvalue weighted by Gasteiger charge is 2.47. The van der Waals surface area contributed by atoms with E-state index in [1.807, 2.05) is 18.2 Å². The van der Waals surface area contributed by atoms with Gasteiger partial charge in [0.05, 0.1) is 12.2 Å². The summed E-state index contributed by atoms with van der Waals surface area (Å²) >= 11 is 1.71. The third kappa shape index (κ3) is 2.93. The van der Waals surface area contributed by atoms with Gasteiger partial charge in [0.1, 0.15) is 5.82 Å². The van der Waals surface area contributed by atoms with Gasteiger partial charge in [0, 0.05) is 31.2 Å². The molecule has 1 spiro atoms. The van der Waals surface area contributed by atoms with Crippen LogP contribution in [-0.4, -0.2) is 37.3 Å². The van der Waals surface area contributed by atoms with Gasteiger partial charge >= 0.3 is 11.1 Å². The van der Waals surface area contributed by atoms with Crippen LogP contribution in [-0.2, 0) is 25.0 Å². The standard InChI is InChI=1S/C20H21N5O2S/c26-17-18(27)25(12-16-3-1-2-7-21-16)22-19-20(6-9-24(17)19)5-8-23(14-20)11-15-4-10-28-13-15/h1-4,7,10,13H,5-6,8-9,11-12,14H2/t20-/m0/s1. The lowest BCUT2D eigenvalue weighted by Crippen LogP contribution is -2.45. The molecule has 0 amide bonds. The summed E-state index contributed by atoms with van der Waals surface area (Å²) in [5.74, 6) is 0.765. The van der Waals surface area contributed by atoms with Crippen molar-refractivity contribution in [2.75, 3.05) is 13.1 Å². The second-order valence-corrected chi connectivity index (χ2v) is 8.47. The maximum absolute atomic E-state index is 12.7. The Kier molecular flexibility index (Phi) is 4.25. The van der Waals surface area contributed by atoms with Crippen molar-refractivity contribution in [3.05, 3.63) is 79.0 Å². The molecule has 2 aliphatic rings. The lowest BCUT2D eigenvalue weighted by atomic mass is 9.85. The van der Waals surface area contributed by atoms with Crippen molar-refractivity contribution in [1.82, 2.24) is 24.2 Å². The van der Waals surface area contributed by atoms with Crippen molar-refractivity contribution >= 4 is 11.3 Å². The van der Waals surface area contributed by atoms with Crippen LogP contribution in [0, 0.1) is 0 Å². The first-order chi connectivity index (χ1) is 13.6. The van der Waals surface area contributed by atoms with Gasteiger partial charge in [-0.3, -0.25) is 24.0 Å². The summed E-state index contributed by atoms with van der Waals surface area (Å²) in [6.07, 6.45) is 3.51. The summed E-state index contributed by atoms with van der Waals surface area (Å²) in [6.45, 7) is 3.57. The quantitative estimate of drug-likeness (QED) is 0.626. The van der Waals surface area contributed by atoms with Gasteiger partial charge in [0.2, 0.25) is 0 Å². The summed E-state index contributed by atoms with van der Waals surface area (Å²) in [7, 11) is 0. The van der Waals surface area contributed by atoms with Gasteiger partial charge in [-0.05, 0) is 53.9 Å². The first-order valence-electron chi connectivity index (χ1n) is 9.50. The number of fused-ring (bicyclic) bond motifs is 2. The molecule has 8 heteroatoms. The van der Waals surface area contributed by atoms with Crippen molar-refractivity contribution in [3.8, 4) is 0 Å². The molecule has 0 radical (unpaired) electrons. The Morgan fingerprint density at radius 2 is 1.96 bits per heavy atom. The van der Waals surface area contributed by atoms with Crippen LogP contribution in [0.25, 0.3) is 0 Å². The van der Waals surface area contributed by atoms with E-state index >= 15 is 0 Å². The molecule has 5 rings (SSSR count). The molecule has 0 bridgehead atoms. The van der Waals surface area contributed by atoms with E-state index in [2.05, 4.69) is 31.8 Å². The number of nitrogens with zero attached hydrogens (tertiary/aromatic N) is 5. The summed E-state index contributed by atoms with van der Waals surface area (Å²) in [5, 5.41) is 8.96. The molecule has 1 saturated heterocycles. The topological polar surface area (TPSA) is 73.0 Å². The molecule has 3 aromatic rings. The van der Waals surface area contributed by atoms with Gasteiger partial charge in [-0.2, -0.15) is 16.4 Å². The largest absolute Gasteiger partial charge is 0.332 e. The third-order valence-corrected chi connectivity index (χ3v) is 6.61. The smallest absolute Gasteiger partial charge is 0.298 e. The van der Waals surface area contributed by atoms with Gasteiger partial charge < -0.3 is 0 Å². The molecule has 5 heterocycles. The lowest BCUT2D eigenvalue weighted by molar-refractivity contribution is 0.298. The maximum Gasteiger partial charge on any atom is 0.332 e. The van der Waals surface area contributed by atoms with Gasteiger partial charge in [0.15, 0.2) is 0 Å². The molecule has 0 unspecified atom stereocenters. The molecule has 0 saturated carbocycles. The Morgan fingerprint density at radius 1 is 1.07 bits per heavy atom. The molecule has 28 heavy (non-hydrogen) atoms. The number of hydrogen-bond donors (Lipinski definition) is 0. The van der Waals surface area contributed by atoms with Crippen LogP contribution in [0.4, 0.5) is 0 Å². The molecule has 2 aliphatic heterocycles. The van der Waals surface area contributed by atoms with Crippen LogP contribution in [0.1, 0.15) is 29.9 Å².